The molecule has 0 aliphatic carbocycles. The van der Waals surface area contributed by atoms with E-state index in [1.807, 2.05) is 6.07 Å². The molecule has 1 aromatic rings. The van der Waals surface area contributed by atoms with Gasteiger partial charge in [0.05, 0.1) is 0 Å². The summed E-state index contributed by atoms with van der Waals surface area (Å²) in [5.74, 6) is 0. The summed E-state index contributed by atoms with van der Waals surface area (Å²) in [5, 5.41) is 0. The molecule has 0 spiro atoms. The molecule has 0 unspecified atom stereocenters. The summed E-state index contributed by atoms with van der Waals surface area (Å²) < 4.78 is 1.68. The van der Waals surface area contributed by atoms with E-state index in [1.54, 1.807) is 6.07 Å². The quantitative estimate of drug-likeness (QED) is 0.498. The zero-order valence-electron chi connectivity index (χ0n) is 4.44. The molecule has 1 rings (SSSR count). The second-order valence-corrected chi connectivity index (χ2v) is 3.26. The summed E-state index contributed by atoms with van der Waals surface area (Å²) in [6.45, 7) is 0. The Morgan fingerprint density at radius 2 is 2.00 bits per heavy atom. The Kier molecular flexibility index (Phi) is 2.30. The van der Waals surface area contributed by atoms with Crippen LogP contribution in [0.25, 0.3) is 0 Å². The molecule has 1 aromatic heterocycles. The van der Waals surface area contributed by atoms with E-state index < -0.39 is 0 Å². The maximum atomic E-state index is 5.39. The summed E-state index contributed by atoms with van der Waals surface area (Å²) in [7, 11) is 5.39. The third kappa shape index (κ3) is 2.10. The van der Waals surface area contributed by atoms with E-state index in [9.17, 15) is 0 Å². The monoisotopic (exact) mass is 245 g/mol. The predicted octanol–water partition coefficient (Wildman–Crippen LogP) is 1.40. The van der Waals surface area contributed by atoms with Crippen LogP contribution in [0.2, 0.25) is 0 Å². The van der Waals surface area contributed by atoms with Gasteiger partial charge >= 0.3 is 0 Å². The lowest BCUT2D eigenvalue weighted by atomic mass is 10.1. The number of rotatable bonds is 0. The van der Waals surface area contributed by atoms with E-state index >= 15 is 0 Å². The molecule has 1 nitrogen and oxygen atoms in total. The van der Waals surface area contributed by atoms with Gasteiger partial charge in [0.15, 0.2) is 0 Å². The Labute approximate surface area is 71.5 Å². The van der Waals surface area contributed by atoms with Crippen LogP contribution < -0.4 is 5.59 Å². The van der Waals surface area contributed by atoms with Gasteiger partial charge in [-0.15, -0.1) is 0 Å². The minimum atomic E-state index is 0.510. The van der Waals surface area contributed by atoms with Gasteiger partial charge in [-0.25, -0.2) is 0 Å². The fourth-order valence-electron chi connectivity index (χ4n) is 0.485. The van der Waals surface area contributed by atoms with Crippen molar-refractivity contribution in [3.05, 3.63) is 21.2 Å². The second kappa shape index (κ2) is 2.84. The van der Waals surface area contributed by atoms with E-state index in [0.717, 1.165) is 9.08 Å². The van der Waals surface area contributed by atoms with Crippen LogP contribution in [0.4, 0.5) is 0 Å². The van der Waals surface area contributed by atoms with Crippen LogP contribution in [0.3, 0.4) is 0 Å². The fraction of sp³-hybridized carbons (Fsp3) is 0. The van der Waals surface area contributed by atoms with Crippen molar-refractivity contribution >= 4 is 45.3 Å². The van der Waals surface area contributed by atoms with Crippen LogP contribution in [-0.4, -0.2) is 12.8 Å². The first-order valence-corrected chi connectivity index (χ1v) is 3.85. The molecule has 2 radical (unpaired) electrons. The molecule has 44 valence electrons. The second-order valence-electron chi connectivity index (χ2n) is 1.53. The molecule has 0 aliphatic heterocycles. The topological polar surface area (TPSA) is 12.9 Å². The van der Waals surface area contributed by atoms with Crippen molar-refractivity contribution in [3.8, 4) is 0 Å². The van der Waals surface area contributed by atoms with Gasteiger partial charge in [0.25, 0.3) is 0 Å². The summed E-state index contributed by atoms with van der Waals surface area (Å²) in [6, 6.07) is 3.57. The van der Waals surface area contributed by atoms with Crippen molar-refractivity contribution < 1.29 is 0 Å². The van der Waals surface area contributed by atoms with Crippen LogP contribution in [0.1, 0.15) is 0 Å². The van der Waals surface area contributed by atoms with Gasteiger partial charge in [0, 0.05) is 4.47 Å². The number of pyridine rings is 1. The van der Waals surface area contributed by atoms with Gasteiger partial charge < -0.3 is 0 Å². The smallest absolute Gasteiger partial charge is 0.141 e. The highest BCUT2D eigenvalue weighted by Gasteiger charge is 1.91. The van der Waals surface area contributed by atoms with Crippen LogP contribution in [0.5, 0.6) is 0 Å². The SMILES string of the molecule is [B]c1cc(Br)cc(Br)n1. The first-order chi connectivity index (χ1) is 4.18. The van der Waals surface area contributed by atoms with Crippen LogP contribution >= 0.6 is 31.9 Å². The first kappa shape index (κ1) is 7.28. The maximum Gasteiger partial charge on any atom is 0.141 e. The number of nitrogens with zero attached hydrogens (tertiary/aromatic N) is 1. The van der Waals surface area contributed by atoms with Crippen molar-refractivity contribution in [2.45, 2.75) is 0 Å². The minimum absolute atomic E-state index is 0.510. The third-order valence-corrected chi connectivity index (χ3v) is 1.64. The molecule has 0 saturated carbocycles. The molecular formula is C5H2BBr2N. The Balaban J connectivity index is 3.17. The molecular weight excluding hydrogens is 245 g/mol. The van der Waals surface area contributed by atoms with Crippen molar-refractivity contribution in [1.29, 1.82) is 0 Å². The molecule has 0 bridgehead atoms. The molecule has 0 N–H and O–H groups in total. The van der Waals surface area contributed by atoms with Crippen molar-refractivity contribution in [2.75, 3.05) is 0 Å². The zero-order valence-corrected chi connectivity index (χ0v) is 7.61. The van der Waals surface area contributed by atoms with Gasteiger partial charge in [-0.2, -0.15) is 0 Å². The van der Waals surface area contributed by atoms with E-state index in [-0.39, 0.29) is 0 Å². The largest absolute Gasteiger partial charge is 0.257 e. The Morgan fingerprint density at radius 3 is 2.44 bits per heavy atom. The average Bonchev–Trinajstić information content (AvgIpc) is 1.59. The highest BCUT2D eigenvalue weighted by atomic mass is 79.9. The van der Waals surface area contributed by atoms with Crippen molar-refractivity contribution in [2.24, 2.45) is 0 Å². The average molecular weight is 247 g/mol. The molecule has 0 amide bonds. The van der Waals surface area contributed by atoms with E-state index in [2.05, 4.69) is 36.8 Å². The number of hydrogen-bond acceptors (Lipinski definition) is 1. The lowest BCUT2D eigenvalue weighted by Crippen LogP contribution is -2.06. The van der Waals surface area contributed by atoms with Gasteiger partial charge in [0.2, 0.25) is 0 Å². The predicted molar refractivity (Wildman–Crippen MR) is 45.0 cm³/mol. The van der Waals surface area contributed by atoms with Gasteiger partial charge in [-0.1, -0.05) is 15.9 Å². The lowest BCUT2D eigenvalue weighted by molar-refractivity contribution is 1.32. The maximum absolute atomic E-state index is 5.39. The molecule has 0 saturated heterocycles. The van der Waals surface area contributed by atoms with Crippen LogP contribution in [0, 0.1) is 0 Å². The van der Waals surface area contributed by atoms with E-state index in [1.165, 1.54) is 0 Å². The normalized spacial score (nSPS) is 9.56. The Bertz CT molecular complexity index is 176. The van der Waals surface area contributed by atoms with Crippen molar-refractivity contribution in [3.63, 3.8) is 0 Å². The Hall–Kier alpha value is 0.175. The fourth-order valence-corrected chi connectivity index (χ4v) is 1.69. The molecule has 0 fully saturated rings. The molecule has 0 atom stereocenters. The third-order valence-electron chi connectivity index (χ3n) is 0.779. The minimum Gasteiger partial charge on any atom is -0.257 e. The standard InChI is InChI=1S/C5H2BBr2N/c6-4-1-3(7)2-5(8)9-4/h1-2H. The number of halogens is 2. The number of hydrogen-bond donors (Lipinski definition) is 0. The summed E-state index contributed by atoms with van der Waals surface area (Å²) in [4.78, 5) is 3.90. The van der Waals surface area contributed by atoms with Crippen molar-refractivity contribution in [1.82, 2.24) is 4.98 Å². The van der Waals surface area contributed by atoms with Gasteiger partial charge in [-0.05, 0) is 33.7 Å². The molecule has 9 heavy (non-hydrogen) atoms. The van der Waals surface area contributed by atoms with Gasteiger partial charge in [0.1, 0.15) is 12.4 Å². The summed E-state index contributed by atoms with van der Waals surface area (Å²) in [6.07, 6.45) is 0. The first-order valence-electron chi connectivity index (χ1n) is 2.27. The summed E-state index contributed by atoms with van der Waals surface area (Å²) in [5.41, 5.74) is 0.510. The summed E-state index contributed by atoms with van der Waals surface area (Å²) >= 11 is 6.45. The highest BCUT2D eigenvalue weighted by Crippen LogP contribution is 2.11. The zero-order chi connectivity index (χ0) is 6.85. The molecule has 0 aromatic carbocycles. The van der Waals surface area contributed by atoms with Crippen LogP contribution in [0.15, 0.2) is 21.2 Å². The molecule has 1 heterocycles. The number of aromatic nitrogens is 1. The van der Waals surface area contributed by atoms with E-state index in [0.29, 0.717) is 5.59 Å². The molecule has 0 aliphatic rings. The highest BCUT2D eigenvalue weighted by molar-refractivity contribution is 9.11. The molecule has 4 heteroatoms. The lowest BCUT2D eigenvalue weighted by Gasteiger charge is -1.93. The van der Waals surface area contributed by atoms with E-state index in [4.69, 9.17) is 7.85 Å². The Morgan fingerprint density at radius 1 is 1.33 bits per heavy atom. The van der Waals surface area contributed by atoms with Crippen LogP contribution in [-0.2, 0) is 0 Å². The van der Waals surface area contributed by atoms with Gasteiger partial charge in [-0.3, -0.25) is 4.98 Å².